The first-order valence-electron chi connectivity index (χ1n) is 11.0. The Balaban J connectivity index is 1.64. The number of aryl methyl sites for hydroxylation is 2. The Hall–Kier alpha value is -2.18. The second-order valence-electron chi connectivity index (χ2n) is 9.12. The van der Waals surface area contributed by atoms with Crippen LogP contribution in [0.1, 0.15) is 36.0 Å². The fourth-order valence-corrected chi connectivity index (χ4v) is 6.58. The normalized spacial score (nSPS) is 22.2. The zero-order valence-electron chi connectivity index (χ0n) is 18.3. The molecule has 1 amide bonds. The lowest BCUT2D eigenvalue weighted by Crippen LogP contribution is -2.49. The number of carbonyl (C=O) groups is 1. The molecule has 31 heavy (non-hydrogen) atoms. The van der Waals surface area contributed by atoms with Crippen molar-refractivity contribution in [3.63, 3.8) is 0 Å². The highest BCUT2D eigenvalue weighted by Gasteiger charge is 2.42. The molecule has 2 heterocycles. The van der Waals surface area contributed by atoms with Gasteiger partial charge in [-0.05, 0) is 61.8 Å². The van der Waals surface area contributed by atoms with E-state index in [-0.39, 0.29) is 23.5 Å². The topological polar surface area (TPSA) is 72.5 Å². The summed E-state index contributed by atoms with van der Waals surface area (Å²) >= 11 is 0. The van der Waals surface area contributed by atoms with E-state index in [0.29, 0.717) is 38.9 Å². The first kappa shape index (κ1) is 22.0. The smallest absolute Gasteiger partial charge is 0.226 e. The Morgan fingerprint density at radius 3 is 2.52 bits per heavy atom. The van der Waals surface area contributed by atoms with Crippen molar-refractivity contribution >= 4 is 15.7 Å². The summed E-state index contributed by atoms with van der Waals surface area (Å²) in [4.78, 5) is 13.5. The number of hydrogen-bond acceptors (Lipinski definition) is 4. The highest BCUT2D eigenvalue weighted by Crippen LogP contribution is 2.38. The molecule has 2 aliphatic rings. The molecule has 2 fully saturated rings. The van der Waals surface area contributed by atoms with E-state index in [9.17, 15) is 13.2 Å². The van der Waals surface area contributed by atoms with Crippen LogP contribution in [0.25, 0.3) is 11.1 Å². The van der Waals surface area contributed by atoms with E-state index >= 15 is 0 Å². The second-order valence-corrected chi connectivity index (χ2v) is 11.3. The molecule has 6 heteroatoms. The third-order valence-corrected chi connectivity index (χ3v) is 8.49. The van der Waals surface area contributed by atoms with Crippen molar-refractivity contribution in [3.05, 3.63) is 59.2 Å². The third-order valence-electron chi connectivity index (χ3n) is 6.72. The lowest BCUT2D eigenvalue weighted by atomic mass is 9.73. The zero-order chi connectivity index (χ0) is 22.1. The number of carbonyl (C=O) groups excluding carboxylic acids is 1. The largest absolute Gasteiger partial charge is 0.381 e. The van der Waals surface area contributed by atoms with Gasteiger partial charge in [0.2, 0.25) is 5.91 Å². The van der Waals surface area contributed by atoms with Crippen LogP contribution in [0.15, 0.2) is 42.5 Å². The molecule has 0 bridgehead atoms. The summed E-state index contributed by atoms with van der Waals surface area (Å²) in [5, 5.41) is 3.07. The van der Waals surface area contributed by atoms with Crippen molar-refractivity contribution in [2.75, 3.05) is 24.7 Å². The van der Waals surface area contributed by atoms with Crippen LogP contribution in [-0.2, 0) is 25.8 Å². The lowest BCUT2D eigenvalue weighted by molar-refractivity contribution is -0.137. The number of sulfone groups is 1. The van der Waals surface area contributed by atoms with Crippen LogP contribution >= 0.6 is 0 Å². The average molecular weight is 442 g/mol. The summed E-state index contributed by atoms with van der Waals surface area (Å²) in [5.74, 6) is 0.168. The number of rotatable bonds is 5. The van der Waals surface area contributed by atoms with Crippen LogP contribution in [0.3, 0.4) is 0 Å². The monoisotopic (exact) mass is 441 g/mol. The maximum atomic E-state index is 13.5. The van der Waals surface area contributed by atoms with E-state index in [1.165, 1.54) is 16.7 Å². The molecule has 2 aromatic rings. The van der Waals surface area contributed by atoms with Gasteiger partial charge in [0.15, 0.2) is 9.84 Å². The van der Waals surface area contributed by atoms with Crippen LogP contribution in [0.5, 0.6) is 0 Å². The summed E-state index contributed by atoms with van der Waals surface area (Å²) in [6.45, 7) is 5.30. The molecule has 1 atom stereocenters. The van der Waals surface area contributed by atoms with Gasteiger partial charge in [-0.1, -0.05) is 48.0 Å². The molecule has 0 radical (unpaired) electrons. The first-order valence-corrected chi connectivity index (χ1v) is 12.8. The molecule has 0 saturated carbocycles. The van der Waals surface area contributed by atoms with Crippen LogP contribution in [0.4, 0.5) is 0 Å². The van der Waals surface area contributed by atoms with Gasteiger partial charge in [0.25, 0.3) is 0 Å². The Bertz CT molecular complexity index is 1070. The standard InChI is InChI=1S/C25H31NO4S/c1-18-7-8-22(19(2)15-18)23-6-4-3-5-20(23)16-25(10-12-30-13-11-25)24(27)26-21-9-14-31(28,29)17-21/h3-8,15,21H,9-14,16-17H2,1-2H3,(H,26,27)/t21-/m0/s1. The predicted octanol–water partition coefficient (Wildman–Crippen LogP) is 3.61. The van der Waals surface area contributed by atoms with Gasteiger partial charge in [-0.2, -0.15) is 0 Å². The fraction of sp³-hybridized carbons (Fsp3) is 0.480. The minimum atomic E-state index is -3.04. The second kappa shape index (κ2) is 8.75. The van der Waals surface area contributed by atoms with Gasteiger partial charge in [0.1, 0.15) is 0 Å². The van der Waals surface area contributed by atoms with Crippen molar-refractivity contribution < 1.29 is 17.9 Å². The number of hydrogen-bond donors (Lipinski definition) is 1. The van der Waals surface area contributed by atoms with Crippen LogP contribution < -0.4 is 5.32 Å². The summed E-state index contributed by atoms with van der Waals surface area (Å²) in [7, 11) is -3.04. The summed E-state index contributed by atoms with van der Waals surface area (Å²) < 4.78 is 29.3. The molecule has 1 N–H and O–H groups in total. The highest BCUT2D eigenvalue weighted by atomic mass is 32.2. The number of nitrogens with one attached hydrogen (secondary N) is 1. The molecule has 5 nitrogen and oxygen atoms in total. The molecule has 166 valence electrons. The minimum Gasteiger partial charge on any atom is -0.381 e. The Morgan fingerprint density at radius 1 is 1.10 bits per heavy atom. The molecule has 2 aromatic carbocycles. The third kappa shape index (κ3) is 4.85. The van der Waals surface area contributed by atoms with E-state index in [2.05, 4.69) is 49.5 Å². The van der Waals surface area contributed by atoms with Crippen molar-refractivity contribution in [1.29, 1.82) is 0 Å². The minimum absolute atomic E-state index is 0.0340. The quantitative estimate of drug-likeness (QED) is 0.769. The summed E-state index contributed by atoms with van der Waals surface area (Å²) in [5.41, 5.74) is 5.34. The van der Waals surface area contributed by atoms with Gasteiger partial charge < -0.3 is 10.1 Å². The van der Waals surface area contributed by atoms with Gasteiger partial charge >= 0.3 is 0 Å². The molecule has 2 aliphatic heterocycles. The Kier molecular flexibility index (Phi) is 6.22. The van der Waals surface area contributed by atoms with Gasteiger partial charge in [0.05, 0.1) is 16.9 Å². The summed E-state index contributed by atoms with van der Waals surface area (Å²) in [6, 6.07) is 14.5. The number of benzene rings is 2. The van der Waals surface area contributed by atoms with Gasteiger partial charge in [0, 0.05) is 19.3 Å². The maximum absolute atomic E-state index is 13.5. The molecular weight excluding hydrogens is 410 g/mol. The van der Waals surface area contributed by atoms with Gasteiger partial charge in [-0.25, -0.2) is 8.42 Å². The van der Waals surface area contributed by atoms with Crippen molar-refractivity contribution in [2.24, 2.45) is 5.41 Å². The average Bonchev–Trinajstić information content (AvgIpc) is 3.07. The molecule has 0 aliphatic carbocycles. The predicted molar refractivity (Wildman–Crippen MR) is 123 cm³/mol. The fourth-order valence-electron chi connectivity index (χ4n) is 4.91. The molecular formula is C25H31NO4S. The first-order chi connectivity index (χ1) is 14.8. The van der Waals surface area contributed by atoms with Crippen LogP contribution in [0.2, 0.25) is 0 Å². The lowest BCUT2D eigenvalue weighted by Gasteiger charge is -2.37. The zero-order valence-corrected chi connectivity index (χ0v) is 19.1. The van der Waals surface area contributed by atoms with E-state index in [0.717, 1.165) is 11.1 Å². The molecule has 4 rings (SSSR count). The van der Waals surface area contributed by atoms with E-state index in [1.54, 1.807) is 0 Å². The van der Waals surface area contributed by atoms with Crippen LogP contribution in [-0.4, -0.2) is 45.1 Å². The van der Waals surface area contributed by atoms with Crippen molar-refractivity contribution in [3.8, 4) is 11.1 Å². The number of ether oxygens (including phenoxy) is 1. The van der Waals surface area contributed by atoms with Crippen LogP contribution in [0, 0.1) is 19.3 Å². The molecule has 0 spiro atoms. The molecule has 0 unspecified atom stereocenters. The molecule has 0 aromatic heterocycles. The van der Waals surface area contributed by atoms with Crippen molar-refractivity contribution in [1.82, 2.24) is 5.32 Å². The number of amides is 1. The molecule has 2 saturated heterocycles. The maximum Gasteiger partial charge on any atom is 0.226 e. The Morgan fingerprint density at radius 2 is 1.84 bits per heavy atom. The Labute approximate surface area is 185 Å². The van der Waals surface area contributed by atoms with Gasteiger partial charge in [-0.3, -0.25) is 4.79 Å². The van der Waals surface area contributed by atoms with E-state index in [1.807, 2.05) is 12.1 Å². The van der Waals surface area contributed by atoms with E-state index < -0.39 is 15.3 Å². The van der Waals surface area contributed by atoms with Gasteiger partial charge in [-0.15, -0.1) is 0 Å². The van der Waals surface area contributed by atoms with Crippen molar-refractivity contribution in [2.45, 2.75) is 45.6 Å². The van der Waals surface area contributed by atoms with E-state index in [4.69, 9.17) is 4.74 Å². The summed E-state index contributed by atoms with van der Waals surface area (Å²) in [6.07, 6.45) is 2.39. The highest BCUT2D eigenvalue weighted by molar-refractivity contribution is 7.91. The SMILES string of the molecule is Cc1ccc(-c2ccccc2CC2(C(=O)N[C@H]3CCS(=O)(=O)C3)CCOCC2)c(C)c1.